The molecule has 2 aromatic carbocycles. The first-order chi connectivity index (χ1) is 17.2. The number of carbonyl (C=O) groups excluding carboxylic acids is 2. The van der Waals surface area contributed by atoms with Gasteiger partial charge < -0.3 is 14.8 Å². The van der Waals surface area contributed by atoms with Crippen molar-refractivity contribution >= 4 is 40.3 Å². The number of nitrogens with one attached hydrogen (secondary N) is 1. The van der Waals surface area contributed by atoms with Gasteiger partial charge in [-0.05, 0) is 29.8 Å². The molecule has 36 heavy (non-hydrogen) atoms. The summed E-state index contributed by atoms with van der Waals surface area (Å²) >= 11 is 5.97. The lowest BCUT2D eigenvalue weighted by Crippen LogP contribution is -2.49. The summed E-state index contributed by atoms with van der Waals surface area (Å²) in [5.41, 5.74) is 0.729. The van der Waals surface area contributed by atoms with Crippen molar-refractivity contribution in [3.05, 3.63) is 92.3 Å². The average Bonchev–Trinajstić information content (AvgIpc) is 3.29. The second kappa shape index (κ2) is 10.2. The maximum atomic E-state index is 13.4. The van der Waals surface area contributed by atoms with E-state index in [-0.39, 0.29) is 30.0 Å². The van der Waals surface area contributed by atoms with Gasteiger partial charge in [-0.1, -0.05) is 41.9 Å². The number of fused-ring (bicyclic) bond motifs is 1. The number of carbonyl (C=O) groups is 2. The zero-order chi connectivity index (χ0) is 26.0. The molecule has 0 aliphatic rings. The van der Waals surface area contributed by atoms with Crippen LogP contribution in [-0.4, -0.2) is 43.6 Å². The van der Waals surface area contributed by atoms with Crippen LogP contribution in [0, 0.1) is 0 Å². The van der Waals surface area contributed by atoms with E-state index in [0.29, 0.717) is 10.7 Å². The van der Waals surface area contributed by atoms with Crippen molar-refractivity contribution in [3.63, 3.8) is 0 Å². The first kappa shape index (κ1) is 24.9. The van der Waals surface area contributed by atoms with Crippen LogP contribution in [-0.2, 0) is 36.6 Å². The second-order valence-electron chi connectivity index (χ2n) is 8.43. The Hall–Kier alpha value is -4.18. The maximum absolute atomic E-state index is 13.4. The lowest BCUT2D eigenvalue weighted by Gasteiger charge is -2.25. The zero-order valence-corrected chi connectivity index (χ0v) is 20.8. The third-order valence-electron chi connectivity index (χ3n) is 5.99. The van der Waals surface area contributed by atoms with Crippen LogP contribution in [0.5, 0.6) is 0 Å². The number of halogens is 1. The molecule has 0 aliphatic carbocycles. The Balaban J connectivity index is 1.61. The lowest BCUT2D eigenvalue weighted by atomic mass is 10.0. The van der Waals surface area contributed by atoms with Crippen LogP contribution in [0.15, 0.2) is 70.5 Å². The smallest absolute Gasteiger partial charge is 0.332 e. The van der Waals surface area contributed by atoms with Gasteiger partial charge in [0.25, 0.3) is 5.56 Å². The van der Waals surface area contributed by atoms with Gasteiger partial charge in [0.2, 0.25) is 11.8 Å². The van der Waals surface area contributed by atoms with Crippen LogP contribution in [0.2, 0.25) is 5.02 Å². The summed E-state index contributed by atoms with van der Waals surface area (Å²) in [6, 6.07) is 15.3. The van der Waals surface area contributed by atoms with Crippen molar-refractivity contribution in [2.45, 2.75) is 19.0 Å². The standard InChI is InChI=1S/C25H25ClN6O4/c1-29(18-11-9-17(26)10-12-18)23(34)19(13-16-7-5-4-6-8-16)28-20(33)14-32-15-27-22-21(32)24(35)31(3)25(36)30(22)2/h4-12,15,19H,13-14H2,1-3H3,(H,28,33)/t19-/m0/s1. The van der Waals surface area contributed by atoms with E-state index in [1.807, 2.05) is 30.3 Å². The molecule has 0 unspecified atom stereocenters. The quantitative estimate of drug-likeness (QED) is 0.406. The Morgan fingerprint density at radius 1 is 1.03 bits per heavy atom. The molecule has 186 valence electrons. The summed E-state index contributed by atoms with van der Waals surface area (Å²) in [4.78, 5) is 57.0. The highest BCUT2D eigenvalue weighted by Gasteiger charge is 2.26. The van der Waals surface area contributed by atoms with E-state index in [0.717, 1.165) is 10.1 Å². The number of amides is 2. The van der Waals surface area contributed by atoms with E-state index in [4.69, 9.17) is 11.6 Å². The molecule has 1 N–H and O–H groups in total. The predicted molar refractivity (Wildman–Crippen MR) is 137 cm³/mol. The monoisotopic (exact) mass is 508 g/mol. The zero-order valence-electron chi connectivity index (χ0n) is 20.0. The van der Waals surface area contributed by atoms with Crippen LogP contribution < -0.4 is 21.5 Å². The van der Waals surface area contributed by atoms with Gasteiger partial charge in [-0.25, -0.2) is 9.78 Å². The normalized spacial score (nSPS) is 11.9. The molecule has 0 fully saturated rings. The number of likely N-dealkylation sites (N-methyl/N-ethyl adjacent to an activating group) is 1. The third kappa shape index (κ3) is 4.94. The highest BCUT2D eigenvalue weighted by molar-refractivity contribution is 6.30. The highest BCUT2D eigenvalue weighted by Crippen LogP contribution is 2.18. The van der Waals surface area contributed by atoms with Crippen molar-refractivity contribution in [2.75, 3.05) is 11.9 Å². The number of hydrogen-bond acceptors (Lipinski definition) is 5. The van der Waals surface area contributed by atoms with Gasteiger partial charge in [0.15, 0.2) is 11.2 Å². The molecule has 2 amide bonds. The van der Waals surface area contributed by atoms with Gasteiger partial charge in [0, 0.05) is 38.3 Å². The Kier molecular flexibility index (Phi) is 7.07. The topological polar surface area (TPSA) is 111 Å². The fourth-order valence-corrected chi connectivity index (χ4v) is 4.11. The summed E-state index contributed by atoms with van der Waals surface area (Å²) in [6.07, 6.45) is 1.60. The van der Waals surface area contributed by atoms with Crippen LogP contribution >= 0.6 is 11.6 Å². The summed E-state index contributed by atoms with van der Waals surface area (Å²) in [5, 5.41) is 3.35. The molecule has 4 rings (SSSR count). The maximum Gasteiger partial charge on any atom is 0.332 e. The van der Waals surface area contributed by atoms with E-state index < -0.39 is 23.2 Å². The second-order valence-corrected chi connectivity index (χ2v) is 8.87. The first-order valence-electron chi connectivity index (χ1n) is 11.1. The van der Waals surface area contributed by atoms with Crippen molar-refractivity contribution in [1.82, 2.24) is 24.0 Å². The highest BCUT2D eigenvalue weighted by atomic mass is 35.5. The first-order valence-corrected chi connectivity index (χ1v) is 11.5. The van der Waals surface area contributed by atoms with Gasteiger partial charge in [0.1, 0.15) is 12.6 Å². The Bertz CT molecular complexity index is 1540. The van der Waals surface area contributed by atoms with E-state index in [9.17, 15) is 19.2 Å². The molecule has 10 nitrogen and oxygen atoms in total. The Labute approximate surface area is 211 Å². The number of aryl methyl sites for hydroxylation is 1. The predicted octanol–water partition coefficient (Wildman–Crippen LogP) is 1.48. The molecule has 1 atom stereocenters. The number of nitrogens with zero attached hydrogens (tertiary/aromatic N) is 5. The minimum atomic E-state index is -0.873. The molecular weight excluding hydrogens is 484 g/mol. The van der Waals surface area contributed by atoms with Crippen molar-refractivity contribution in [1.29, 1.82) is 0 Å². The number of imidazole rings is 1. The summed E-state index contributed by atoms with van der Waals surface area (Å²) < 4.78 is 3.58. The molecule has 0 radical (unpaired) electrons. The minimum absolute atomic E-state index is 0.124. The summed E-state index contributed by atoms with van der Waals surface area (Å²) in [6.45, 7) is -0.257. The van der Waals surface area contributed by atoms with Gasteiger partial charge in [0.05, 0.1) is 6.33 Å². The van der Waals surface area contributed by atoms with E-state index in [2.05, 4.69) is 10.3 Å². The van der Waals surface area contributed by atoms with Crippen molar-refractivity contribution < 1.29 is 9.59 Å². The molecular formula is C25H25ClN6O4. The van der Waals surface area contributed by atoms with Gasteiger partial charge in [-0.15, -0.1) is 0 Å². The van der Waals surface area contributed by atoms with Crippen molar-refractivity contribution in [3.8, 4) is 0 Å². The summed E-state index contributed by atoms with van der Waals surface area (Å²) in [5.74, 6) is -0.799. The van der Waals surface area contributed by atoms with Crippen molar-refractivity contribution in [2.24, 2.45) is 14.1 Å². The average molecular weight is 509 g/mol. The lowest BCUT2D eigenvalue weighted by molar-refractivity contribution is -0.127. The molecule has 11 heteroatoms. The molecule has 0 saturated heterocycles. The van der Waals surface area contributed by atoms with Crippen LogP contribution in [0.1, 0.15) is 5.56 Å². The van der Waals surface area contributed by atoms with Gasteiger partial charge in [-0.2, -0.15) is 0 Å². The van der Waals surface area contributed by atoms with E-state index in [1.54, 1.807) is 31.3 Å². The van der Waals surface area contributed by atoms with E-state index >= 15 is 0 Å². The Morgan fingerprint density at radius 2 is 1.69 bits per heavy atom. The minimum Gasteiger partial charge on any atom is -0.342 e. The van der Waals surface area contributed by atoms with Crippen LogP contribution in [0.4, 0.5) is 5.69 Å². The number of rotatable bonds is 7. The molecule has 0 spiro atoms. The number of aromatic nitrogens is 4. The molecule has 4 aromatic rings. The summed E-state index contributed by atoms with van der Waals surface area (Å²) in [7, 11) is 4.49. The molecule has 0 bridgehead atoms. The Morgan fingerprint density at radius 3 is 2.36 bits per heavy atom. The van der Waals surface area contributed by atoms with Gasteiger partial charge >= 0.3 is 5.69 Å². The molecule has 2 aromatic heterocycles. The number of hydrogen-bond donors (Lipinski definition) is 1. The van der Waals surface area contributed by atoms with Crippen LogP contribution in [0.25, 0.3) is 11.2 Å². The number of anilines is 1. The number of benzene rings is 2. The fourth-order valence-electron chi connectivity index (χ4n) is 3.99. The molecule has 0 saturated carbocycles. The molecule has 0 aliphatic heterocycles. The van der Waals surface area contributed by atoms with Crippen LogP contribution in [0.3, 0.4) is 0 Å². The third-order valence-corrected chi connectivity index (χ3v) is 6.24. The molecule has 2 heterocycles. The fraction of sp³-hybridized carbons (Fsp3) is 0.240. The van der Waals surface area contributed by atoms with E-state index in [1.165, 1.54) is 34.5 Å². The SMILES string of the molecule is CN(C(=O)[C@H](Cc1ccccc1)NC(=O)Cn1cnc2c1c(=O)n(C)c(=O)n2C)c1ccc(Cl)cc1. The largest absolute Gasteiger partial charge is 0.342 e. The van der Waals surface area contributed by atoms with Gasteiger partial charge in [-0.3, -0.25) is 23.5 Å².